The molecule has 2 N–H and O–H groups in total. The minimum atomic E-state index is 0. The molecule has 2 atom stereocenters. The molecule has 1 fully saturated rings. The first-order valence-corrected chi connectivity index (χ1v) is 10.9. The SMILES string of the molecule is CN=C(NCC(c1cnn(C)c1)N(C)C)NCC(c1cccs1)N1CCOCC1.I. The summed E-state index contributed by atoms with van der Waals surface area (Å²) < 4.78 is 7.38. The van der Waals surface area contributed by atoms with Gasteiger partial charge in [0, 0.05) is 56.9 Å². The van der Waals surface area contributed by atoms with Gasteiger partial charge in [-0.25, -0.2) is 0 Å². The molecule has 1 aliphatic rings. The third kappa shape index (κ3) is 6.91. The largest absolute Gasteiger partial charge is 0.379 e. The van der Waals surface area contributed by atoms with Crippen LogP contribution >= 0.6 is 35.3 Å². The average Bonchev–Trinajstić information content (AvgIpc) is 3.39. The van der Waals surface area contributed by atoms with E-state index in [0.717, 1.165) is 45.4 Å². The fourth-order valence-electron chi connectivity index (χ4n) is 3.60. The van der Waals surface area contributed by atoms with Crippen molar-refractivity contribution >= 4 is 41.3 Å². The number of rotatable bonds is 8. The zero-order valence-corrected chi connectivity index (χ0v) is 21.4. The summed E-state index contributed by atoms with van der Waals surface area (Å²) in [4.78, 5) is 10.5. The zero-order chi connectivity index (χ0) is 20.6. The normalized spacial score (nSPS) is 17.4. The highest BCUT2D eigenvalue weighted by atomic mass is 127. The number of aryl methyl sites for hydroxylation is 1. The molecule has 0 aromatic carbocycles. The first-order valence-electron chi connectivity index (χ1n) is 10.0. The zero-order valence-electron chi connectivity index (χ0n) is 18.2. The van der Waals surface area contributed by atoms with Crippen molar-refractivity contribution < 1.29 is 4.74 Å². The molecule has 30 heavy (non-hydrogen) atoms. The number of nitrogens with one attached hydrogen (secondary N) is 2. The molecule has 2 aromatic heterocycles. The molecule has 2 aromatic rings. The number of halogens is 1. The van der Waals surface area contributed by atoms with E-state index >= 15 is 0 Å². The van der Waals surface area contributed by atoms with Crippen LogP contribution in [0.25, 0.3) is 0 Å². The van der Waals surface area contributed by atoms with Gasteiger partial charge in [0.1, 0.15) is 0 Å². The third-order valence-corrected chi connectivity index (χ3v) is 6.21. The van der Waals surface area contributed by atoms with Gasteiger partial charge in [0.2, 0.25) is 0 Å². The minimum Gasteiger partial charge on any atom is -0.379 e. The molecule has 2 unspecified atom stereocenters. The molecular formula is C20H34IN7OS. The Bertz CT molecular complexity index is 759. The number of thiophene rings is 1. The highest BCUT2D eigenvalue weighted by molar-refractivity contribution is 14.0. The molecule has 0 spiro atoms. The summed E-state index contributed by atoms with van der Waals surface area (Å²) in [6.45, 7) is 5.06. The van der Waals surface area contributed by atoms with Crippen molar-refractivity contribution in [3.8, 4) is 0 Å². The Balaban J connectivity index is 0.00000320. The van der Waals surface area contributed by atoms with E-state index in [4.69, 9.17) is 4.74 Å². The van der Waals surface area contributed by atoms with Crippen LogP contribution in [0.4, 0.5) is 0 Å². The maximum atomic E-state index is 5.54. The number of aliphatic imine (C=N–C) groups is 1. The lowest BCUT2D eigenvalue weighted by Gasteiger charge is -2.34. The van der Waals surface area contributed by atoms with Crippen molar-refractivity contribution in [1.82, 2.24) is 30.2 Å². The average molecular weight is 548 g/mol. The van der Waals surface area contributed by atoms with E-state index in [9.17, 15) is 0 Å². The topological polar surface area (TPSA) is 70.0 Å². The number of nitrogens with zero attached hydrogens (tertiary/aromatic N) is 5. The number of likely N-dealkylation sites (N-methyl/N-ethyl adjacent to an activating group) is 1. The number of aromatic nitrogens is 2. The first-order chi connectivity index (χ1) is 14.1. The molecule has 0 radical (unpaired) electrons. The molecule has 3 rings (SSSR count). The summed E-state index contributed by atoms with van der Waals surface area (Å²) in [5.41, 5.74) is 1.19. The van der Waals surface area contributed by atoms with E-state index in [0.29, 0.717) is 6.04 Å². The molecule has 8 nitrogen and oxygen atoms in total. The van der Waals surface area contributed by atoms with Gasteiger partial charge in [0.05, 0.1) is 31.5 Å². The molecule has 0 bridgehead atoms. The summed E-state index contributed by atoms with van der Waals surface area (Å²) in [6.07, 6.45) is 3.99. The molecular weight excluding hydrogens is 513 g/mol. The maximum Gasteiger partial charge on any atom is 0.191 e. The van der Waals surface area contributed by atoms with Crippen molar-refractivity contribution in [3.63, 3.8) is 0 Å². The van der Waals surface area contributed by atoms with E-state index in [-0.39, 0.29) is 30.0 Å². The number of hydrogen-bond acceptors (Lipinski definition) is 6. The van der Waals surface area contributed by atoms with E-state index < -0.39 is 0 Å². The number of hydrogen-bond donors (Lipinski definition) is 2. The van der Waals surface area contributed by atoms with Gasteiger partial charge < -0.3 is 20.3 Å². The lowest BCUT2D eigenvalue weighted by Crippen LogP contribution is -2.47. The van der Waals surface area contributed by atoms with Crippen molar-refractivity contribution in [2.45, 2.75) is 12.1 Å². The Morgan fingerprint density at radius 3 is 2.60 bits per heavy atom. The molecule has 10 heteroatoms. The summed E-state index contributed by atoms with van der Waals surface area (Å²) in [7, 11) is 7.93. The van der Waals surface area contributed by atoms with E-state index in [1.165, 1.54) is 10.4 Å². The van der Waals surface area contributed by atoms with E-state index in [1.54, 1.807) is 0 Å². The fraction of sp³-hybridized carbons (Fsp3) is 0.600. The minimum absolute atomic E-state index is 0. The molecule has 0 amide bonds. The van der Waals surface area contributed by atoms with Crippen molar-refractivity contribution in [1.29, 1.82) is 0 Å². The summed E-state index contributed by atoms with van der Waals surface area (Å²) in [5, 5.41) is 13.5. The second kappa shape index (κ2) is 12.6. The highest BCUT2D eigenvalue weighted by Gasteiger charge is 2.24. The van der Waals surface area contributed by atoms with Crippen molar-refractivity contribution in [2.24, 2.45) is 12.0 Å². The molecule has 168 valence electrons. The maximum absolute atomic E-state index is 5.54. The second-order valence-corrected chi connectivity index (χ2v) is 8.42. The number of guanidine groups is 1. The smallest absolute Gasteiger partial charge is 0.191 e. The predicted molar refractivity (Wildman–Crippen MR) is 134 cm³/mol. The van der Waals surface area contributed by atoms with Gasteiger partial charge in [-0.3, -0.25) is 14.6 Å². The quantitative estimate of drug-likeness (QED) is 0.299. The lowest BCUT2D eigenvalue weighted by molar-refractivity contribution is 0.0177. The van der Waals surface area contributed by atoms with Gasteiger partial charge in [0.15, 0.2) is 5.96 Å². The van der Waals surface area contributed by atoms with Crippen LogP contribution in [0.3, 0.4) is 0 Å². The Labute approximate surface area is 200 Å². The molecule has 1 saturated heterocycles. The number of morpholine rings is 1. The van der Waals surface area contributed by atoms with Gasteiger partial charge >= 0.3 is 0 Å². The van der Waals surface area contributed by atoms with Gasteiger partial charge in [-0.05, 0) is 25.5 Å². The van der Waals surface area contributed by atoms with Crippen LogP contribution in [-0.2, 0) is 11.8 Å². The standard InChI is InChI=1S/C20H33N7OS.HI/c1-21-20(22-13-17(25(2)3)16-12-24-26(4)15-16)23-14-18(19-6-5-11-29-19)27-7-9-28-10-8-27;/h5-6,11-12,15,17-18H,7-10,13-14H2,1-4H3,(H2,21,22,23);1H. The molecule has 0 aliphatic carbocycles. The molecule has 1 aliphatic heterocycles. The van der Waals surface area contributed by atoms with E-state index in [1.807, 2.05) is 36.3 Å². The van der Waals surface area contributed by atoms with Gasteiger partial charge in [-0.15, -0.1) is 35.3 Å². The van der Waals surface area contributed by atoms with Gasteiger partial charge in [-0.1, -0.05) is 6.07 Å². The lowest BCUT2D eigenvalue weighted by atomic mass is 10.1. The summed E-state index contributed by atoms with van der Waals surface area (Å²) >= 11 is 1.81. The van der Waals surface area contributed by atoms with Crippen LogP contribution in [0.15, 0.2) is 34.9 Å². The second-order valence-electron chi connectivity index (χ2n) is 7.44. The van der Waals surface area contributed by atoms with Crippen LogP contribution in [0.5, 0.6) is 0 Å². The number of ether oxygens (including phenoxy) is 1. The molecule has 3 heterocycles. The Hall–Kier alpha value is -1.21. The Morgan fingerprint density at radius 1 is 1.30 bits per heavy atom. The van der Waals surface area contributed by atoms with Crippen LogP contribution in [0, 0.1) is 0 Å². The van der Waals surface area contributed by atoms with Crippen molar-refractivity contribution in [2.75, 3.05) is 60.5 Å². The molecule has 0 saturated carbocycles. The monoisotopic (exact) mass is 547 g/mol. The van der Waals surface area contributed by atoms with Gasteiger partial charge in [-0.2, -0.15) is 5.10 Å². The highest BCUT2D eigenvalue weighted by Crippen LogP contribution is 2.25. The van der Waals surface area contributed by atoms with Gasteiger partial charge in [0.25, 0.3) is 0 Å². The van der Waals surface area contributed by atoms with Crippen LogP contribution in [-0.4, -0.2) is 86.1 Å². The Morgan fingerprint density at radius 2 is 2.03 bits per heavy atom. The van der Waals surface area contributed by atoms with Crippen LogP contribution in [0.1, 0.15) is 22.5 Å². The summed E-state index contributed by atoms with van der Waals surface area (Å²) in [5.74, 6) is 0.815. The van der Waals surface area contributed by atoms with Crippen molar-refractivity contribution in [3.05, 3.63) is 40.3 Å². The van der Waals surface area contributed by atoms with Crippen LogP contribution in [0.2, 0.25) is 0 Å². The van der Waals surface area contributed by atoms with Crippen LogP contribution < -0.4 is 10.6 Å². The predicted octanol–water partition coefficient (Wildman–Crippen LogP) is 1.94. The summed E-state index contributed by atoms with van der Waals surface area (Å²) in [6, 6.07) is 4.87. The Kier molecular flexibility index (Phi) is 10.5. The third-order valence-electron chi connectivity index (χ3n) is 5.24. The first kappa shape index (κ1) is 25.1. The van der Waals surface area contributed by atoms with E-state index in [2.05, 4.69) is 68.3 Å². The fourth-order valence-corrected chi connectivity index (χ4v) is 4.46.